The molecule has 1 fully saturated rings. The monoisotopic (exact) mass is 242 g/mol. The van der Waals surface area contributed by atoms with E-state index in [2.05, 4.69) is 16.8 Å². The number of halogens is 2. The maximum atomic E-state index is 12.7. The second-order valence-electron chi connectivity index (χ2n) is 4.34. The Kier molecular flexibility index (Phi) is 3.64. The Balaban J connectivity index is 1.96. The van der Waals surface area contributed by atoms with Gasteiger partial charge in [0.15, 0.2) is 0 Å². The van der Waals surface area contributed by atoms with Crippen molar-refractivity contribution in [2.75, 3.05) is 18.0 Å². The number of hydrogen-bond donors (Lipinski definition) is 0. The van der Waals surface area contributed by atoms with Crippen LogP contribution >= 0.6 is 11.6 Å². The van der Waals surface area contributed by atoms with Gasteiger partial charge in [-0.25, -0.2) is 9.37 Å². The molecule has 1 aliphatic rings. The van der Waals surface area contributed by atoms with Gasteiger partial charge in [-0.15, -0.1) is 11.6 Å². The lowest BCUT2D eigenvalue weighted by Crippen LogP contribution is -2.36. The van der Waals surface area contributed by atoms with E-state index in [1.54, 1.807) is 6.07 Å². The van der Waals surface area contributed by atoms with Gasteiger partial charge in [-0.1, -0.05) is 0 Å². The zero-order valence-electron chi connectivity index (χ0n) is 9.37. The number of anilines is 1. The van der Waals surface area contributed by atoms with Crippen LogP contribution in [-0.2, 0) is 0 Å². The fraction of sp³-hybridized carbons (Fsp3) is 0.583. The lowest BCUT2D eigenvalue weighted by molar-refractivity contribution is 0.398. The van der Waals surface area contributed by atoms with Crippen LogP contribution in [0.5, 0.6) is 0 Å². The van der Waals surface area contributed by atoms with Crippen LogP contribution in [0.2, 0.25) is 0 Å². The molecule has 0 aliphatic carbocycles. The van der Waals surface area contributed by atoms with Crippen LogP contribution < -0.4 is 4.90 Å². The molecule has 2 heterocycles. The highest BCUT2D eigenvalue weighted by Crippen LogP contribution is 2.26. The summed E-state index contributed by atoms with van der Waals surface area (Å²) in [6, 6.07) is 3.19. The van der Waals surface area contributed by atoms with E-state index in [0.717, 1.165) is 31.7 Å². The number of piperidine rings is 1. The number of rotatable bonds is 2. The van der Waals surface area contributed by atoms with Crippen molar-refractivity contribution in [3.63, 3.8) is 0 Å². The van der Waals surface area contributed by atoms with Gasteiger partial charge >= 0.3 is 0 Å². The summed E-state index contributed by atoms with van der Waals surface area (Å²) in [5, 5.41) is 0.239. The SMILES string of the molecule is CC(Cl)C1CCN(c2ccc(F)cn2)CC1. The van der Waals surface area contributed by atoms with E-state index in [4.69, 9.17) is 11.6 Å². The molecule has 0 bridgehead atoms. The van der Waals surface area contributed by atoms with E-state index < -0.39 is 0 Å². The molecule has 2 rings (SSSR count). The number of hydrogen-bond acceptors (Lipinski definition) is 2. The van der Waals surface area contributed by atoms with Gasteiger partial charge in [0.2, 0.25) is 0 Å². The van der Waals surface area contributed by atoms with E-state index in [-0.39, 0.29) is 11.2 Å². The molecular weight excluding hydrogens is 227 g/mol. The molecule has 1 aliphatic heterocycles. The smallest absolute Gasteiger partial charge is 0.141 e. The summed E-state index contributed by atoms with van der Waals surface area (Å²) >= 11 is 6.09. The van der Waals surface area contributed by atoms with Crippen LogP contribution in [0.15, 0.2) is 18.3 Å². The molecule has 1 atom stereocenters. The third-order valence-corrected chi connectivity index (χ3v) is 3.58. The van der Waals surface area contributed by atoms with Crippen molar-refractivity contribution in [1.82, 2.24) is 4.98 Å². The van der Waals surface area contributed by atoms with Gasteiger partial charge in [0.05, 0.1) is 6.20 Å². The zero-order valence-corrected chi connectivity index (χ0v) is 10.1. The molecule has 0 saturated carbocycles. The van der Waals surface area contributed by atoms with Crippen LogP contribution in [-0.4, -0.2) is 23.5 Å². The van der Waals surface area contributed by atoms with Crippen molar-refractivity contribution in [3.8, 4) is 0 Å². The molecule has 1 unspecified atom stereocenters. The molecule has 1 aromatic heterocycles. The Labute approximate surface area is 100 Å². The Morgan fingerprint density at radius 3 is 2.62 bits per heavy atom. The molecule has 88 valence electrons. The normalized spacial score (nSPS) is 19.8. The van der Waals surface area contributed by atoms with E-state index in [1.165, 1.54) is 12.3 Å². The average molecular weight is 243 g/mol. The van der Waals surface area contributed by atoms with E-state index in [9.17, 15) is 4.39 Å². The summed E-state index contributed by atoms with van der Waals surface area (Å²) in [5.41, 5.74) is 0. The molecule has 1 saturated heterocycles. The second-order valence-corrected chi connectivity index (χ2v) is 5.03. The van der Waals surface area contributed by atoms with Crippen LogP contribution in [0.1, 0.15) is 19.8 Å². The van der Waals surface area contributed by atoms with Crippen LogP contribution in [0.4, 0.5) is 10.2 Å². The van der Waals surface area contributed by atoms with Gasteiger partial charge in [-0.05, 0) is 37.8 Å². The quantitative estimate of drug-likeness (QED) is 0.741. The predicted molar refractivity (Wildman–Crippen MR) is 64.4 cm³/mol. The first-order valence-electron chi connectivity index (χ1n) is 5.67. The minimum Gasteiger partial charge on any atom is -0.357 e. The molecule has 0 N–H and O–H groups in total. The maximum Gasteiger partial charge on any atom is 0.141 e. The molecule has 4 heteroatoms. The fourth-order valence-corrected chi connectivity index (χ4v) is 2.39. The van der Waals surface area contributed by atoms with E-state index in [0.29, 0.717) is 5.92 Å². The molecule has 0 spiro atoms. The number of alkyl halides is 1. The van der Waals surface area contributed by atoms with Crippen molar-refractivity contribution in [2.24, 2.45) is 5.92 Å². The largest absolute Gasteiger partial charge is 0.357 e. The first-order chi connectivity index (χ1) is 7.66. The standard InChI is InChI=1S/C12H16ClFN2/c1-9(13)10-4-6-16(7-5-10)12-3-2-11(14)8-15-12/h2-3,8-10H,4-7H2,1H3. The molecular formula is C12H16ClFN2. The van der Waals surface area contributed by atoms with Gasteiger partial charge in [0, 0.05) is 18.5 Å². The van der Waals surface area contributed by atoms with Gasteiger partial charge in [0.1, 0.15) is 11.6 Å². The number of pyridine rings is 1. The summed E-state index contributed by atoms with van der Waals surface area (Å²) in [4.78, 5) is 6.28. The lowest BCUT2D eigenvalue weighted by Gasteiger charge is -2.33. The molecule has 0 radical (unpaired) electrons. The minimum atomic E-state index is -0.284. The summed E-state index contributed by atoms with van der Waals surface area (Å²) in [6.07, 6.45) is 3.44. The summed E-state index contributed by atoms with van der Waals surface area (Å²) in [6.45, 7) is 3.97. The third-order valence-electron chi connectivity index (χ3n) is 3.22. The van der Waals surface area contributed by atoms with Gasteiger partial charge in [-0.2, -0.15) is 0 Å². The Bertz CT molecular complexity index is 331. The Morgan fingerprint density at radius 1 is 1.44 bits per heavy atom. The van der Waals surface area contributed by atoms with E-state index >= 15 is 0 Å². The maximum absolute atomic E-state index is 12.7. The summed E-state index contributed by atoms with van der Waals surface area (Å²) in [7, 11) is 0. The van der Waals surface area contributed by atoms with Crippen molar-refractivity contribution in [2.45, 2.75) is 25.1 Å². The van der Waals surface area contributed by atoms with E-state index in [1.807, 2.05) is 0 Å². The minimum absolute atomic E-state index is 0.239. The van der Waals surface area contributed by atoms with Crippen molar-refractivity contribution >= 4 is 17.4 Å². The topological polar surface area (TPSA) is 16.1 Å². The number of nitrogens with zero attached hydrogens (tertiary/aromatic N) is 2. The second kappa shape index (κ2) is 5.00. The predicted octanol–water partition coefficient (Wildman–Crippen LogP) is 3.06. The first-order valence-corrected chi connectivity index (χ1v) is 6.11. The molecule has 0 aromatic carbocycles. The number of aromatic nitrogens is 1. The van der Waals surface area contributed by atoms with Crippen LogP contribution in [0.3, 0.4) is 0 Å². The Hall–Kier alpha value is -0.830. The Morgan fingerprint density at radius 2 is 2.12 bits per heavy atom. The average Bonchev–Trinajstić information content (AvgIpc) is 2.30. The summed E-state index contributed by atoms with van der Waals surface area (Å²) in [5.74, 6) is 1.17. The first kappa shape index (κ1) is 11.6. The highest BCUT2D eigenvalue weighted by molar-refractivity contribution is 6.20. The highest BCUT2D eigenvalue weighted by Gasteiger charge is 2.23. The highest BCUT2D eigenvalue weighted by atomic mass is 35.5. The van der Waals surface area contributed by atoms with Crippen molar-refractivity contribution in [1.29, 1.82) is 0 Å². The lowest BCUT2D eigenvalue weighted by atomic mass is 9.94. The van der Waals surface area contributed by atoms with Crippen molar-refractivity contribution in [3.05, 3.63) is 24.1 Å². The van der Waals surface area contributed by atoms with Gasteiger partial charge < -0.3 is 4.90 Å². The molecule has 0 amide bonds. The van der Waals surface area contributed by atoms with Crippen LogP contribution in [0, 0.1) is 11.7 Å². The fourth-order valence-electron chi connectivity index (χ4n) is 2.14. The van der Waals surface area contributed by atoms with Gasteiger partial charge in [-0.3, -0.25) is 0 Å². The van der Waals surface area contributed by atoms with Gasteiger partial charge in [0.25, 0.3) is 0 Å². The third kappa shape index (κ3) is 2.64. The van der Waals surface area contributed by atoms with Crippen LogP contribution in [0.25, 0.3) is 0 Å². The molecule has 1 aromatic rings. The molecule has 16 heavy (non-hydrogen) atoms. The zero-order chi connectivity index (χ0) is 11.5. The van der Waals surface area contributed by atoms with Crippen molar-refractivity contribution < 1.29 is 4.39 Å². The molecule has 2 nitrogen and oxygen atoms in total. The summed E-state index contributed by atoms with van der Waals surface area (Å²) < 4.78 is 12.7.